The molecule has 0 fully saturated rings. The summed E-state index contributed by atoms with van der Waals surface area (Å²) in [5.41, 5.74) is 16.1. The van der Waals surface area contributed by atoms with Crippen LogP contribution in [-0.2, 0) is 32.0 Å². The highest BCUT2D eigenvalue weighted by atomic mass is 16.2. The topological polar surface area (TPSA) is 189 Å². The van der Waals surface area contributed by atoms with Crippen LogP contribution in [0, 0.1) is 5.92 Å². The zero-order valence-corrected chi connectivity index (χ0v) is 22.8. The summed E-state index contributed by atoms with van der Waals surface area (Å²) in [6, 6.07) is 4.54. The molecule has 2 heterocycles. The van der Waals surface area contributed by atoms with Crippen molar-refractivity contribution in [3.8, 4) is 0 Å². The second kappa shape index (κ2) is 14.3. The third kappa shape index (κ3) is 8.45. The number of primary amides is 1. The predicted molar refractivity (Wildman–Crippen MR) is 146 cm³/mol. The minimum Gasteiger partial charge on any atom is -0.399 e. The Kier molecular flexibility index (Phi) is 11.5. The first-order valence-electron chi connectivity index (χ1n) is 12.8. The molecule has 4 amide bonds. The molecule has 0 aromatic heterocycles. The molecule has 9 N–H and O–H groups in total. The number of aryl methyl sites for hydroxylation is 1. The molecule has 0 aliphatic carbocycles. The molecule has 0 saturated heterocycles. The number of carbonyl (C=O) groups excluding carboxylic acids is 4. The van der Waals surface area contributed by atoms with Gasteiger partial charge in [-0.15, -0.1) is 0 Å². The van der Waals surface area contributed by atoms with E-state index in [9.17, 15) is 19.2 Å². The van der Waals surface area contributed by atoms with Crippen molar-refractivity contribution < 1.29 is 19.2 Å². The van der Waals surface area contributed by atoms with Crippen LogP contribution >= 0.6 is 0 Å². The highest BCUT2D eigenvalue weighted by Gasteiger charge is 2.43. The smallest absolute Gasteiger partial charge is 0.250 e. The molecule has 210 valence electrons. The maximum absolute atomic E-state index is 13.5. The van der Waals surface area contributed by atoms with E-state index in [-0.39, 0.29) is 36.1 Å². The van der Waals surface area contributed by atoms with Gasteiger partial charge in [-0.2, -0.15) is 0 Å². The van der Waals surface area contributed by atoms with E-state index in [1.165, 1.54) is 6.20 Å². The zero-order valence-electron chi connectivity index (χ0n) is 22.8. The average molecular weight is 531 g/mol. The van der Waals surface area contributed by atoms with Gasteiger partial charge in [0.2, 0.25) is 23.6 Å². The summed E-state index contributed by atoms with van der Waals surface area (Å²) < 4.78 is 0. The third-order valence-corrected chi connectivity index (χ3v) is 6.48. The summed E-state index contributed by atoms with van der Waals surface area (Å²) in [4.78, 5) is 52.2. The lowest BCUT2D eigenvalue weighted by Gasteiger charge is -2.28. The Morgan fingerprint density at radius 2 is 1.89 bits per heavy atom. The fraction of sp³-hybridized carbons (Fsp3) is 0.538. The number of hydrazine groups is 1. The Bertz CT molecular complexity index is 1040. The van der Waals surface area contributed by atoms with Crippen LogP contribution in [0.15, 0.2) is 30.1 Å². The molecule has 0 saturated carbocycles. The first kappa shape index (κ1) is 30.6. The van der Waals surface area contributed by atoms with E-state index in [2.05, 4.69) is 16.1 Å². The number of carbonyl (C=O) groups is 4. The average Bonchev–Trinajstić information content (AvgIpc) is 3.18. The number of hydrogen-bond acceptors (Lipinski definition) is 8. The number of benzene rings is 1. The summed E-state index contributed by atoms with van der Waals surface area (Å²) >= 11 is 0. The summed E-state index contributed by atoms with van der Waals surface area (Å²) in [7, 11) is 3.59. The van der Waals surface area contributed by atoms with Crippen molar-refractivity contribution in [3.05, 3.63) is 41.2 Å². The number of rotatable bonds is 10. The molecule has 12 heteroatoms. The highest BCUT2D eigenvalue weighted by Crippen LogP contribution is 2.39. The molecule has 2 aliphatic rings. The van der Waals surface area contributed by atoms with E-state index in [0.29, 0.717) is 37.9 Å². The molecule has 0 spiro atoms. The molecule has 12 nitrogen and oxygen atoms in total. The summed E-state index contributed by atoms with van der Waals surface area (Å²) in [6.07, 6.45) is 4.25. The number of nitrogens with zero attached hydrogens (tertiary/aromatic N) is 2. The molecule has 38 heavy (non-hydrogen) atoms. The van der Waals surface area contributed by atoms with Gasteiger partial charge in [-0.1, -0.05) is 38.5 Å². The van der Waals surface area contributed by atoms with Crippen LogP contribution in [0.3, 0.4) is 0 Å². The van der Waals surface area contributed by atoms with Gasteiger partial charge < -0.3 is 32.4 Å². The lowest BCUT2D eigenvalue weighted by atomic mass is 10.0. The number of amides is 4. The van der Waals surface area contributed by atoms with E-state index >= 15 is 0 Å². The van der Waals surface area contributed by atoms with E-state index < -0.39 is 12.1 Å². The molecule has 3 unspecified atom stereocenters. The molecule has 0 bridgehead atoms. The van der Waals surface area contributed by atoms with Gasteiger partial charge in [-0.3, -0.25) is 29.9 Å². The predicted octanol–water partition coefficient (Wildman–Crippen LogP) is -0.776. The molecular formula is C26H42N8O4. The molecule has 0 radical (unpaired) electrons. The van der Waals surface area contributed by atoms with Gasteiger partial charge in [0, 0.05) is 24.7 Å². The van der Waals surface area contributed by atoms with Gasteiger partial charge >= 0.3 is 0 Å². The largest absolute Gasteiger partial charge is 0.399 e. The standard InChI is InChI=1S/C22H32N6O3.C4H10N2O/c1-3-13(2)9-19(29)27-17-8-7-14-5-4-6-15-10-18(28(20(14)15)22(17)31)21(30)25-11-16(23)12-26-24;1-6(2)3-4(5)7/h4-6,12-13,17-18,26H,3,7-11,23-24H2,1-2H3,(H,25,30)(H,27,29);3H2,1-2H3,(H2,5,7)/b16-12-;. The second-order valence-electron chi connectivity index (χ2n) is 10.0. The van der Waals surface area contributed by atoms with Crippen LogP contribution in [0.2, 0.25) is 0 Å². The number of hydrogen-bond donors (Lipinski definition) is 6. The Balaban J connectivity index is 0.000000638. The van der Waals surface area contributed by atoms with Gasteiger partial charge in [0.1, 0.15) is 12.1 Å². The molecular weight excluding hydrogens is 488 g/mol. The number of anilines is 1. The Morgan fingerprint density at radius 3 is 2.47 bits per heavy atom. The van der Waals surface area contributed by atoms with Crippen molar-refractivity contribution in [2.45, 2.75) is 58.0 Å². The van der Waals surface area contributed by atoms with Crippen molar-refractivity contribution in [2.24, 2.45) is 23.2 Å². The molecule has 2 aliphatic heterocycles. The minimum absolute atomic E-state index is 0.111. The second-order valence-corrected chi connectivity index (χ2v) is 10.0. The van der Waals surface area contributed by atoms with Crippen LogP contribution < -0.4 is 38.3 Å². The van der Waals surface area contributed by atoms with Gasteiger partial charge in [-0.25, -0.2) is 0 Å². The maximum Gasteiger partial charge on any atom is 0.250 e. The minimum atomic E-state index is -0.686. The molecule has 3 atom stereocenters. The first-order valence-corrected chi connectivity index (χ1v) is 12.8. The summed E-state index contributed by atoms with van der Waals surface area (Å²) in [6.45, 7) is 4.49. The van der Waals surface area contributed by atoms with E-state index in [0.717, 1.165) is 23.2 Å². The van der Waals surface area contributed by atoms with Crippen LogP contribution in [0.4, 0.5) is 5.69 Å². The van der Waals surface area contributed by atoms with Gasteiger partial charge in [0.25, 0.3) is 0 Å². The lowest BCUT2D eigenvalue weighted by molar-refractivity contribution is -0.129. The van der Waals surface area contributed by atoms with Crippen molar-refractivity contribution in [1.29, 1.82) is 0 Å². The van der Waals surface area contributed by atoms with Crippen molar-refractivity contribution in [1.82, 2.24) is 21.0 Å². The van der Waals surface area contributed by atoms with E-state index in [1.807, 2.05) is 32.0 Å². The SMILES string of the molecule is CCC(C)CC(=O)NC1CCc2cccc3c2N(C1=O)C(C(=O)NC/C(N)=C/NN)C3.CN(C)CC(N)=O. The van der Waals surface area contributed by atoms with Gasteiger partial charge in [0.05, 0.1) is 18.8 Å². The summed E-state index contributed by atoms with van der Waals surface area (Å²) in [5.74, 6) is 4.49. The Labute approximate surface area is 224 Å². The van der Waals surface area contributed by atoms with Crippen LogP contribution in [0.25, 0.3) is 0 Å². The van der Waals surface area contributed by atoms with Crippen molar-refractivity contribution in [2.75, 3.05) is 32.1 Å². The Hall–Kier alpha value is -3.64. The van der Waals surface area contributed by atoms with Crippen LogP contribution in [0.1, 0.15) is 44.2 Å². The number of para-hydroxylation sites is 1. The monoisotopic (exact) mass is 530 g/mol. The zero-order chi connectivity index (χ0) is 28.4. The number of likely N-dealkylation sites (N-methyl/N-ethyl adjacent to an activating group) is 1. The number of nitrogens with two attached hydrogens (primary N) is 3. The van der Waals surface area contributed by atoms with Crippen LogP contribution in [0.5, 0.6) is 0 Å². The van der Waals surface area contributed by atoms with Crippen LogP contribution in [-0.4, -0.2) is 67.8 Å². The van der Waals surface area contributed by atoms with Crippen molar-refractivity contribution >= 4 is 29.3 Å². The fourth-order valence-corrected chi connectivity index (χ4v) is 4.47. The third-order valence-electron chi connectivity index (χ3n) is 6.48. The summed E-state index contributed by atoms with van der Waals surface area (Å²) in [5, 5.41) is 5.68. The normalized spacial score (nSPS) is 19.1. The molecule has 1 aromatic rings. The molecule has 3 rings (SSSR count). The van der Waals surface area contributed by atoms with Crippen molar-refractivity contribution in [3.63, 3.8) is 0 Å². The fourth-order valence-electron chi connectivity index (χ4n) is 4.47. The first-order chi connectivity index (χ1) is 18.0. The van der Waals surface area contributed by atoms with E-state index in [4.69, 9.17) is 17.3 Å². The maximum atomic E-state index is 13.5. The lowest BCUT2D eigenvalue weighted by Crippen LogP contribution is -2.54. The highest BCUT2D eigenvalue weighted by molar-refractivity contribution is 6.07. The van der Waals surface area contributed by atoms with Gasteiger partial charge in [-0.05, 0) is 44.0 Å². The van der Waals surface area contributed by atoms with E-state index in [1.54, 1.807) is 23.9 Å². The quantitative estimate of drug-likeness (QED) is 0.168. The Morgan fingerprint density at radius 1 is 1.21 bits per heavy atom. The van der Waals surface area contributed by atoms with Gasteiger partial charge in [0.15, 0.2) is 0 Å². The number of nitrogens with one attached hydrogen (secondary N) is 3. The molecule has 1 aromatic carbocycles.